The zero-order valence-electron chi connectivity index (χ0n) is 10.9. The lowest BCUT2D eigenvalue weighted by Gasteiger charge is -2.37. The largest absolute Gasteiger partial charge is 0.350 e. The number of hydrogen-bond acceptors (Lipinski definition) is 3. The Balaban J connectivity index is 2.66. The Kier molecular flexibility index (Phi) is 5.94. The average molecular weight is 284 g/mol. The van der Waals surface area contributed by atoms with Gasteiger partial charge in [-0.2, -0.15) is 13.1 Å². The van der Waals surface area contributed by atoms with Gasteiger partial charge in [-0.05, 0) is 25.3 Å². The molecule has 18 heavy (non-hydrogen) atoms. The first-order chi connectivity index (χ1) is 8.43. The van der Waals surface area contributed by atoms with Gasteiger partial charge in [-0.3, -0.25) is 0 Å². The molecular formula is C11H22F2N2O2S. The first-order valence-corrected chi connectivity index (χ1v) is 7.94. The van der Waals surface area contributed by atoms with Gasteiger partial charge in [0.15, 0.2) is 0 Å². The maximum atomic E-state index is 12.5. The van der Waals surface area contributed by atoms with Crippen LogP contribution in [0.15, 0.2) is 0 Å². The normalized spacial score (nSPS) is 26.7. The van der Waals surface area contributed by atoms with Crippen LogP contribution in [0.1, 0.15) is 33.1 Å². The van der Waals surface area contributed by atoms with Crippen LogP contribution in [0.3, 0.4) is 0 Å². The number of rotatable bonds is 6. The molecule has 0 aromatic rings. The highest BCUT2D eigenvalue weighted by molar-refractivity contribution is 7.89. The molecule has 1 N–H and O–H groups in total. The summed E-state index contributed by atoms with van der Waals surface area (Å²) in [6.45, 7) is 5.28. The van der Waals surface area contributed by atoms with Gasteiger partial charge in [-0.1, -0.05) is 20.3 Å². The average Bonchev–Trinajstić information content (AvgIpc) is 2.35. The first kappa shape index (κ1) is 15.8. The fourth-order valence-electron chi connectivity index (χ4n) is 2.35. The SMILES string of the molecule is CCCNC1CCN(S(=O)(=O)C(F)F)CC1CC. The van der Waals surface area contributed by atoms with Gasteiger partial charge in [0.2, 0.25) is 0 Å². The molecule has 1 heterocycles. The van der Waals surface area contributed by atoms with Crippen molar-refractivity contribution in [3.8, 4) is 0 Å². The number of alkyl halides is 2. The molecule has 1 saturated heterocycles. The van der Waals surface area contributed by atoms with E-state index in [9.17, 15) is 17.2 Å². The summed E-state index contributed by atoms with van der Waals surface area (Å²) in [6, 6.07) is 0.235. The van der Waals surface area contributed by atoms with Gasteiger partial charge < -0.3 is 5.32 Å². The lowest BCUT2D eigenvalue weighted by atomic mass is 9.91. The number of piperidine rings is 1. The summed E-state index contributed by atoms with van der Waals surface area (Å²) in [4.78, 5) is 0. The van der Waals surface area contributed by atoms with Gasteiger partial charge in [0.1, 0.15) is 0 Å². The van der Waals surface area contributed by atoms with Crippen molar-refractivity contribution in [3.05, 3.63) is 0 Å². The van der Waals surface area contributed by atoms with E-state index in [1.165, 1.54) is 0 Å². The predicted octanol–water partition coefficient (Wildman–Crippen LogP) is 1.64. The highest BCUT2D eigenvalue weighted by Gasteiger charge is 2.38. The van der Waals surface area contributed by atoms with Gasteiger partial charge in [-0.25, -0.2) is 8.42 Å². The van der Waals surface area contributed by atoms with Gasteiger partial charge in [-0.15, -0.1) is 0 Å². The molecule has 0 aliphatic carbocycles. The third-order valence-electron chi connectivity index (χ3n) is 3.46. The smallest absolute Gasteiger partial charge is 0.314 e. The Morgan fingerprint density at radius 1 is 1.39 bits per heavy atom. The van der Waals surface area contributed by atoms with Crippen LogP contribution in [0.2, 0.25) is 0 Å². The fourth-order valence-corrected chi connectivity index (χ4v) is 3.34. The maximum absolute atomic E-state index is 12.5. The number of nitrogens with one attached hydrogen (secondary N) is 1. The quantitative estimate of drug-likeness (QED) is 0.806. The lowest BCUT2D eigenvalue weighted by molar-refractivity contribution is 0.176. The van der Waals surface area contributed by atoms with Crippen LogP contribution in [0.25, 0.3) is 0 Å². The van der Waals surface area contributed by atoms with Crippen LogP contribution in [0.4, 0.5) is 8.78 Å². The van der Waals surface area contributed by atoms with Gasteiger partial charge in [0, 0.05) is 19.1 Å². The second-order valence-electron chi connectivity index (χ2n) is 4.68. The van der Waals surface area contributed by atoms with Crippen LogP contribution < -0.4 is 5.32 Å². The molecule has 1 aliphatic heterocycles. The molecule has 0 aromatic heterocycles. The summed E-state index contributed by atoms with van der Waals surface area (Å²) >= 11 is 0. The molecule has 0 bridgehead atoms. The molecule has 2 unspecified atom stereocenters. The van der Waals surface area contributed by atoms with Crippen molar-refractivity contribution in [1.29, 1.82) is 0 Å². The zero-order chi connectivity index (χ0) is 13.8. The molecule has 4 nitrogen and oxygen atoms in total. The third-order valence-corrected chi connectivity index (χ3v) is 4.96. The zero-order valence-corrected chi connectivity index (χ0v) is 11.7. The standard InChI is InChI=1S/C11H22F2N2O2S/c1-3-6-14-10-5-7-15(8-9(10)4-2)18(16,17)11(12)13/h9-11,14H,3-8H2,1-2H3. The number of hydrogen-bond donors (Lipinski definition) is 1. The van der Waals surface area contributed by atoms with Crippen LogP contribution in [0.5, 0.6) is 0 Å². The van der Waals surface area contributed by atoms with Crippen molar-refractivity contribution in [3.63, 3.8) is 0 Å². The molecule has 7 heteroatoms. The third kappa shape index (κ3) is 3.61. The van der Waals surface area contributed by atoms with Gasteiger partial charge >= 0.3 is 5.76 Å². The second-order valence-corrected chi connectivity index (χ2v) is 6.58. The summed E-state index contributed by atoms with van der Waals surface area (Å²) < 4.78 is 48.8. The van der Waals surface area contributed by atoms with E-state index >= 15 is 0 Å². The van der Waals surface area contributed by atoms with Gasteiger partial charge in [0.05, 0.1) is 0 Å². The van der Waals surface area contributed by atoms with Crippen molar-refractivity contribution in [2.24, 2.45) is 5.92 Å². The summed E-state index contributed by atoms with van der Waals surface area (Å²) in [5, 5.41) is 3.36. The molecule has 1 rings (SSSR count). The van der Waals surface area contributed by atoms with E-state index in [0.717, 1.165) is 23.7 Å². The Morgan fingerprint density at radius 2 is 2.06 bits per heavy atom. The molecule has 108 valence electrons. The molecular weight excluding hydrogens is 262 g/mol. The van der Waals surface area contributed by atoms with Crippen LogP contribution in [0, 0.1) is 5.92 Å². The highest BCUT2D eigenvalue weighted by Crippen LogP contribution is 2.24. The molecule has 1 aliphatic rings. The second kappa shape index (κ2) is 6.77. The molecule has 0 spiro atoms. The van der Waals surface area contributed by atoms with E-state index in [4.69, 9.17) is 0 Å². The molecule has 0 radical (unpaired) electrons. The van der Waals surface area contributed by atoms with E-state index in [-0.39, 0.29) is 25.0 Å². The topological polar surface area (TPSA) is 49.4 Å². The Morgan fingerprint density at radius 3 is 2.56 bits per heavy atom. The van der Waals surface area contributed by atoms with Gasteiger partial charge in [0.25, 0.3) is 10.0 Å². The molecule has 1 fully saturated rings. The van der Waals surface area contributed by atoms with E-state index in [1.54, 1.807) is 0 Å². The van der Waals surface area contributed by atoms with Crippen molar-refractivity contribution >= 4 is 10.0 Å². The predicted molar refractivity (Wildman–Crippen MR) is 67.0 cm³/mol. The van der Waals surface area contributed by atoms with E-state index in [0.29, 0.717) is 6.42 Å². The number of sulfonamides is 1. The fraction of sp³-hybridized carbons (Fsp3) is 1.00. The maximum Gasteiger partial charge on any atom is 0.350 e. The van der Waals surface area contributed by atoms with Crippen molar-refractivity contribution < 1.29 is 17.2 Å². The van der Waals surface area contributed by atoms with Crippen LogP contribution in [-0.2, 0) is 10.0 Å². The number of halogens is 2. The van der Waals surface area contributed by atoms with Crippen molar-refractivity contribution in [2.45, 2.75) is 44.9 Å². The highest BCUT2D eigenvalue weighted by atomic mass is 32.2. The Bertz CT molecular complexity index is 349. The van der Waals surface area contributed by atoms with Crippen molar-refractivity contribution in [2.75, 3.05) is 19.6 Å². The molecule has 2 atom stereocenters. The van der Waals surface area contributed by atoms with Crippen LogP contribution >= 0.6 is 0 Å². The minimum absolute atomic E-state index is 0.110. The summed E-state index contributed by atoms with van der Waals surface area (Å²) in [5.74, 6) is -3.20. The molecule has 0 saturated carbocycles. The summed E-state index contributed by atoms with van der Waals surface area (Å²) in [5.41, 5.74) is 0. The summed E-state index contributed by atoms with van der Waals surface area (Å²) in [7, 11) is -4.41. The number of nitrogens with zero attached hydrogens (tertiary/aromatic N) is 1. The van der Waals surface area contributed by atoms with E-state index in [2.05, 4.69) is 12.2 Å². The summed E-state index contributed by atoms with van der Waals surface area (Å²) in [6.07, 6.45) is 2.40. The van der Waals surface area contributed by atoms with Crippen molar-refractivity contribution in [1.82, 2.24) is 9.62 Å². The minimum atomic E-state index is -4.41. The first-order valence-electron chi connectivity index (χ1n) is 6.44. The molecule has 0 amide bonds. The molecule has 0 aromatic carbocycles. The minimum Gasteiger partial charge on any atom is -0.314 e. The van der Waals surface area contributed by atoms with E-state index in [1.807, 2.05) is 6.92 Å². The monoisotopic (exact) mass is 284 g/mol. The lowest BCUT2D eigenvalue weighted by Crippen LogP contribution is -2.52. The Labute approximate surface area is 108 Å². The van der Waals surface area contributed by atoms with E-state index < -0.39 is 15.8 Å². The van der Waals surface area contributed by atoms with Crippen LogP contribution in [-0.4, -0.2) is 44.2 Å². The Hall–Kier alpha value is -0.270.